The Morgan fingerprint density at radius 1 is 1.09 bits per heavy atom. The zero-order chi connectivity index (χ0) is 15.9. The highest BCUT2D eigenvalue weighted by molar-refractivity contribution is 5.36. The van der Waals surface area contributed by atoms with Crippen molar-refractivity contribution in [2.75, 3.05) is 20.3 Å². The van der Waals surface area contributed by atoms with Gasteiger partial charge in [0, 0.05) is 12.0 Å². The highest BCUT2D eigenvalue weighted by Crippen LogP contribution is 2.28. The molecule has 1 atom stereocenters. The van der Waals surface area contributed by atoms with Gasteiger partial charge in [-0.1, -0.05) is 18.2 Å². The molecule has 0 aliphatic rings. The lowest BCUT2D eigenvalue weighted by atomic mass is 9.95. The maximum atomic E-state index is 13.1. The minimum Gasteiger partial charge on any atom is -0.496 e. The van der Waals surface area contributed by atoms with Gasteiger partial charge in [0.15, 0.2) is 11.6 Å². The summed E-state index contributed by atoms with van der Waals surface area (Å²) in [6, 6.07) is 11.2. The van der Waals surface area contributed by atoms with E-state index in [0.29, 0.717) is 25.3 Å². The maximum absolute atomic E-state index is 13.1. The number of hydrogen-bond acceptors (Lipinski definition) is 3. The summed E-state index contributed by atoms with van der Waals surface area (Å²) in [6.45, 7) is 0.798. The molecule has 0 fully saturated rings. The van der Waals surface area contributed by atoms with Gasteiger partial charge in [0.05, 0.1) is 13.7 Å². The number of hydrogen-bond donors (Lipinski definition) is 1. The van der Waals surface area contributed by atoms with Crippen LogP contribution in [0, 0.1) is 11.6 Å². The molecule has 0 heterocycles. The van der Waals surface area contributed by atoms with Gasteiger partial charge in [-0.2, -0.15) is 0 Å². The third-order valence-electron chi connectivity index (χ3n) is 3.49. The fourth-order valence-electron chi connectivity index (χ4n) is 2.29. The van der Waals surface area contributed by atoms with Gasteiger partial charge < -0.3 is 15.2 Å². The van der Waals surface area contributed by atoms with Crippen LogP contribution in [0.1, 0.15) is 17.9 Å². The zero-order valence-corrected chi connectivity index (χ0v) is 12.4. The first-order valence-corrected chi connectivity index (χ1v) is 7.06. The van der Waals surface area contributed by atoms with Crippen molar-refractivity contribution >= 4 is 0 Å². The molecule has 0 amide bonds. The van der Waals surface area contributed by atoms with E-state index < -0.39 is 11.6 Å². The van der Waals surface area contributed by atoms with Crippen LogP contribution in [0.5, 0.6) is 11.5 Å². The predicted molar refractivity (Wildman–Crippen MR) is 81.3 cm³/mol. The van der Waals surface area contributed by atoms with Crippen molar-refractivity contribution in [1.29, 1.82) is 0 Å². The van der Waals surface area contributed by atoms with Crippen LogP contribution in [0.2, 0.25) is 0 Å². The van der Waals surface area contributed by atoms with Gasteiger partial charge in [-0.15, -0.1) is 0 Å². The van der Waals surface area contributed by atoms with E-state index in [1.807, 2.05) is 24.3 Å². The average molecular weight is 307 g/mol. The van der Waals surface area contributed by atoms with Crippen molar-refractivity contribution in [1.82, 2.24) is 0 Å². The largest absolute Gasteiger partial charge is 0.496 e. The van der Waals surface area contributed by atoms with Crippen LogP contribution in [0.25, 0.3) is 0 Å². The number of nitrogens with two attached hydrogens (primary N) is 1. The van der Waals surface area contributed by atoms with Crippen molar-refractivity contribution in [2.45, 2.75) is 12.3 Å². The third-order valence-corrected chi connectivity index (χ3v) is 3.49. The zero-order valence-electron chi connectivity index (χ0n) is 12.4. The van der Waals surface area contributed by atoms with Gasteiger partial charge in [0.2, 0.25) is 0 Å². The molecule has 0 bridgehead atoms. The quantitative estimate of drug-likeness (QED) is 0.851. The summed E-state index contributed by atoms with van der Waals surface area (Å²) in [4.78, 5) is 0. The van der Waals surface area contributed by atoms with E-state index in [1.165, 1.54) is 6.07 Å². The fraction of sp³-hybridized carbons (Fsp3) is 0.294. The van der Waals surface area contributed by atoms with Crippen LogP contribution in [0.15, 0.2) is 42.5 Å². The van der Waals surface area contributed by atoms with Gasteiger partial charge in [0.25, 0.3) is 0 Å². The lowest BCUT2D eigenvalue weighted by Gasteiger charge is -2.18. The lowest BCUT2D eigenvalue weighted by molar-refractivity contribution is 0.294. The maximum Gasteiger partial charge on any atom is 0.162 e. The summed E-state index contributed by atoms with van der Waals surface area (Å²) in [6.07, 6.45) is 0.649. The summed E-state index contributed by atoms with van der Waals surface area (Å²) in [5.41, 5.74) is 6.85. The number of para-hydroxylation sites is 1. The number of benzene rings is 2. The molecule has 22 heavy (non-hydrogen) atoms. The molecule has 2 N–H and O–H groups in total. The standard InChI is InChI=1S/C17H19F2NO2/c1-21-17-5-3-2-4-14(17)12(11-20)8-9-22-13-6-7-15(18)16(19)10-13/h2-7,10,12H,8-9,11,20H2,1H3. The van der Waals surface area contributed by atoms with Gasteiger partial charge >= 0.3 is 0 Å². The van der Waals surface area contributed by atoms with Crippen LogP contribution in [-0.2, 0) is 0 Å². The minimum atomic E-state index is -0.919. The molecule has 0 saturated carbocycles. The van der Waals surface area contributed by atoms with E-state index in [4.69, 9.17) is 15.2 Å². The molecule has 0 radical (unpaired) electrons. The fourth-order valence-corrected chi connectivity index (χ4v) is 2.29. The summed E-state index contributed by atoms with van der Waals surface area (Å²) in [5, 5.41) is 0. The molecule has 0 aliphatic heterocycles. The Hall–Kier alpha value is -2.14. The number of halogens is 2. The van der Waals surface area contributed by atoms with Crippen molar-refractivity contribution in [3.8, 4) is 11.5 Å². The Morgan fingerprint density at radius 3 is 2.55 bits per heavy atom. The topological polar surface area (TPSA) is 44.5 Å². The highest BCUT2D eigenvalue weighted by atomic mass is 19.2. The van der Waals surface area contributed by atoms with Gasteiger partial charge in [-0.05, 0) is 36.7 Å². The second-order valence-electron chi connectivity index (χ2n) is 4.89. The van der Waals surface area contributed by atoms with E-state index in [2.05, 4.69) is 0 Å². The lowest BCUT2D eigenvalue weighted by Crippen LogP contribution is -2.16. The van der Waals surface area contributed by atoms with E-state index in [-0.39, 0.29) is 5.92 Å². The molecule has 118 valence electrons. The molecule has 5 heteroatoms. The van der Waals surface area contributed by atoms with E-state index >= 15 is 0 Å². The van der Waals surface area contributed by atoms with Gasteiger partial charge in [0.1, 0.15) is 11.5 Å². The van der Waals surface area contributed by atoms with E-state index in [1.54, 1.807) is 7.11 Å². The molecular formula is C17H19F2NO2. The molecule has 1 unspecified atom stereocenters. The highest BCUT2D eigenvalue weighted by Gasteiger charge is 2.14. The molecule has 0 saturated heterocycles. The summed E-state index contributed by atoms with van der Waals surface area (Å²) >= 11 is 0. The molecule has 2 rings (SSSR count). The monoisotopic (exact) mass is 307 g/mol. The summed E-state index contributed by atoms with van der Waals surface area (Å²) in [7, 11) is 1.62. The van der Waals surface area contributed by atoms with Crippen molar-refractivity contribution < 1.29 is 18.3 Å². The molecule has 0 aromatic heterocycles. The van der Waals surface area contributed by atoms with E-state index in [9.17, 15) is 8.78 Å². The molecule has 2 aromatic carbocycles. The molecule has 0 aliphatic carbocycles. The second kappa shape index (κ2) is 7.75. The van der Waals surface area contributed by atoms with Crippen LogP contribution in [0.3, 0.4) is 0 Å². The Balaban J connectivity index is 1.97. The van der Waals surface area contributed by atoms with Crippen LogP contribution in [0.4, 0.5) is 8.78 Å². The van der Waals surface area contributed by atoms with Crippen molar-refractivity contribution in [3.63, 3.8) is 0 Å². The molecule has 2 aromatic rings. The minimum absolute atomic E-state index is 0.0708. The average Bonchev–Trinajstić information content (AvgIpc) is 2.55. The number of methoxy groups -OCH3 is 1. The van der Waals surface area contributed by atoms with Gasteiger partial charge in [-0.25, -0.2) is 8.78 Å². The van der Waals surface area contributed by atoms with Crippen LogP contribution >= 0.6 is 0 Å². The van der Waals surface area contributed by atoms with E-state index in [0.717, 1.165) is 23.4 Å². The van der Waals surface area contributed by atoms with Crippen LogP contribution < -0.4 is 15.2 Å². The Morgan fingerprint density at radius 2 is 1.86 bits per heavy atom. The first-order valence-electron chi connectivity index (χ1n) is 7.06. The van der Waals surface area contributed by atoms with Crippen LogP contribution in [-0.4, -0.2) is 20.3 Å². The molecule has 3 nitrogen and oxygen atoms in total. The smallest absolute Gasteiger partial charge is 0.162 e. The van der Waals surface area contributed by atoms with Crippen molar-refractivity contribution in [3.05, 3.63) is 59.7 Å². The number of rotatable bonds is 7. The molecular weight excluding hydrogens is 288 g/mol. The first-order chi connectivity index (χ1) is 10.7. The number of ether oxygens (including phenoxy) is 2. The molecule has 0 spiro atoms. The SMILES string of the molecule is COc1ccccc1C(CN)CCOc1ccc(F)c(F)c1. The second-order valence-corrected chi connectivity index (χ2v) is 4.89. The normalized spacial score (nSPS) is 12.0. The predicted octanol–water partition coefficient (Wildman–Crippen LogP) is 3.48. The Bertz CT molecular complexity index is 619. The van der Waals surface area contributed by atoms with Crippen molar-refractivity contribution in [2.24, 2.45) is 5.73 Å². The first kappa shape index (κ1) is 16.2. The Kier molecular flexibility index (Phi) is 5.72. The summed E-state index contributed by atoms with van der Waals surface area (Å²) in [5.74, 6) is -0.652. The Labute approximate surface area is 128 Å². The summed E-state index contributed by atoms with van der Waals surface area (Å²) < 4.78 is 36.8. The third kappa shape index (κ3) is 3.95. The van der Waals surface area contributed by atoms with Gasteiger partial charge in [-0.3, -0.25) is 0 Å².